The zero-order chi connectivity index (χ0) is 22.3. The summed E-state index contributed by atoms with van der Waals surface area (Å²) >= 11 is 0. The standard InChI is InChI=1S/C21H21FN8O2/c22-18-7-3-2-6-15(18)14-23-28-20-25-19(24-16-8-10-17(11-9-16)30(31)32)26-21(27-20)29-12-4-1-5-13-29/h2-3,6-11,14H,1,4-5,12-13H2,(H2,24,25,26,27,28)/b23-14+. The number of piperidine rings is 1. The lowest BCUT2D eigenvalue weighted by atomic mass is 10.1. The van der Waals surface area contributed by atoms with Gasteiger partial charge in [0.1, 0.15) is 5.82 Å². The van der Waals surface area contributed by atoms with E-state index in [1.165, 1.54) is 24.4 Å². The van der Waals surface area contributed by atoms with Gasteiger partial charge in [0.25, 0.3) is 5.69 Å². The molecule has 0 spiro atoms. The van der Waals surface area contributed by atoms with Crippen LogP contribution in [0.3, 0.4) is 0 Å². The second kappa shape index (κ2) is 9.77. The Kier molecular flexibility index (Phi) is 6.44. The van der Waals surface area contributed by atoms with Crippen molar-refractivity contribution in [1.29, 1.82) is 0 Å². The van der Waals surface area contributed by atoms with Crippen LogP contribution in [0.25, 0.3) is 0 Å². The Morgan fingerprint density at radius 1 is 1.00 bits per heavy atom. The van der Waals surface area contributed by atoms with E-state index < -0.39 is 4.92 Å². The van der Waals surface area contributed by atoms with Gasteiger partial charge in [0.05, 0.1) is 11.1 Å². The minimum Gasteiger partial charge on any atom is -0.341 e. The first-order valence-electron chi connectivity index (χ1n) is 10.1. The molecule has 164 valence electrons. The van der Waals surface area contributed by atoms with Crippen LogP contribution in [-0.4, -0.2) is 39.2 Å². The van der Waals surface area contributed by atoms with Crippen molar-refractivity contribution in [3.63, 3.8) is 0 Å². The molecule has 1 saturated heterocycles. The Morgan fingerprint density at radius 3 is 2.44 bits per heavy atom. The molecule has 2 N–H and O–H groups in total. The van der Waals surface area contributed by atoms with Crippen molar-refractivity contribution in [2.45, 2.75) is 19.3 Å². The zero-order valence-corrected chi connectivity index (χ0v) is 17.1. The van der Waals surface area contributed by atoms with Gasteiger partial charge in [-0.1, -0.05) is 18.2 Å². The van der Waals surface area contributed by atoms with Crippen LogP contribution >= 0.6 is 0 Å². The van der Waals surface area contributed by atoms with Gasteiger partial charge in [0, 0.05) is 36.5 Å². The maximum atomic E-state index is 13.8. The molecule has 1 aliphatic heterocycles. The number of aromatic nitrogens is 3. The van der Waals surface area contributed by atoms with Gasteiger partial charge < -0.3 is 10.2 Å². The number of hydrogen-bond donors (Lipinski definition) is 2. The van der Waals surface area contributed by atoms with E-state index in [-0.39, 0.29) is 23.4 Å². The predicted molar refractivity (Wildman–Crippen MR) is 120 cm³/mol. The summed E-state index contributed by atoms with van der Waals surface area (Å²) < 4.78 is 13.8. The van der Waals surface area contributed by atoms with Gasteiger partial charge >= 0.3 is 0 Å². The Hall–Kier alpha value is -4.15. The zero-order valence-electron chi connectivity index (χ0n) is 17.1. The normalized spacial score (nSPS) is 13.8. The van der Waals surface area contributed by atoms with E-state index in [1.54, 1.807) is 30.3 Å². The van der Waals surface area contributed by atoms with Gasteiger partial charge in [-0.2, -0.15) is 20.1 Å². The van der Waals surface area contributed by atoms with E-state index in [0.29, 0.717) is 17.2 Å². The van der Waals surface area contributed by atoms with E-state index in [2.05, 4.69) is 35.7 Å². The fourth-order valence-electron chi connectivity index (χ4n) is 3.24. The fourth-order valence-corrected chi connectivity index (χ4v) is 3.24. The van der Waals surface area contributed by atoms with Crippen molar-refractivity contribution >= 4 is 35.4 Å². The molecule has 0 bridgehead atoms. The van der Waals surface area contributed by atoms with Crippen molar-refractivity contribution in [3.8, 4) is 0 Å². The van der Waals surface area contributed by atoms with Gasteiger partial charge in [0.15, 0.2) is 0 Å². The van der Waals surface area contributed by atoms with Crippen LogP contribution in [0.2, 0.25) is 0 Å². The molecule has 32 heavy (non-hydrogen) atoms. The number of halogens is 1. The van der Waals surface area contributed by atoms with Gasteiger partial charge in [-0.3, -0.25) is 10.1 Å². The van der Waals surface area contributed by atoms with Crippen LogP contribution in [0.5, 0.6) is 0 Å². The quantitative estimate of drug-likeness (QED) is 0.323. The van der Waals surface area contributed by atoms with E-state index in [0.717, 1.165) is 32.4 Å². The summed E-state index contributed by atoms with van der Waals surface area (Å²) in [5.74, 6) is 0.562. The number of nitro groups is 1. The lowest BCUT2D eigenvalue weighted by Crippen LogP contribution is -2.31. The number of nitrogens with one attached hydrogen (secondary N) is 2. The highest BCUT2D eigenvalue weighted by molar-refractivity contribution is 5.80. The minimum atomic E-state index is -0.462. The highest BCUT2D eigenvalue weighted by atomic mass is 19.1. The van der Waals surface area contributed by atoms with Gasteiger partial charge in [-0.25, -0.2) is 9.82 Å². The molecule has 1 fully saturated rings. The maximum Gasteiger partial charge on any atom is 0.269 e. The molecule has 0 unspecified atom stereocenters. The van der Waals surface area contributed by atoms with E-state index >= 15 is 0 Å². The predicted octanol–water partition coefficient (Wildman–Crippen LogP) is 4.10. The largest absolute Gasteiger partial charge is 0.341 e. The first-order valence-corrected chi connectivity index (χ1v) is 10.1. The average molecular weight is 436 g/mol. The van der Waals surface area contributed by atoms with Crippen molar-refractivity contribution in [2.24, 2.45) is 5.10 Å². The first-order chi connectivity index (χ1) is 15.6. The van der Waals surface area contributed by atoms with E-state index in [1.807, 2.05) is 0 Å². The third kappa shape index (κ3) is 5.31. The molecule has 0 radical (unpaired) electrons. The highest BCUT2D eigenvalue weighted by Gasteiger charge is 2.16. The molecule has 4 rings (SSSR count). The lowest BCUT2D eigenvalue weighted by Gasteiger charge is -2.26. The molecule has 0 amide bonds. The third-order valence-electron chi connectivity index (χ3n) is 4.87. The molecule has 1 aromatic heterocycles. The second-order valence-electron chi connectivity index (χ2n) is 7.15. The number of hydrazone groups is 1. The minimum absolute atomic E-state index is 0.00922. The van der Waals surface area contributed by atoms with Crippen LogP contribution in [0.1, 0.15) is 24.8 Å². The van der Waals surface area contributed by atoms with Gasteiger partial charge in [-0.15, -0.1) is 0 Å². The topological polar surface area (TPSA) is 121 Å². The Balaban J connectivity index is 1.57. The highest BCUT2D eigenvalue weighted by Crippen LogP contribution is 2.22. The number of nitro benzene ring substituents is 1. The van der Waals surface area contributed by atoms with E-state index in [4.69, 9.17) is 0 Å². The molecular weight excluding hydrogens is 415 g/mol. The summed E-state index contributed by atoms with van der Waals surface area (Å²) in [6, 6.07) is 12.2. The summed E-state index contributed by atoms with van der Waals surface area (Å²) in [4.78, 5) is 25.7. The molecular formula is C21H21FN8O2. The molecule has 10 nitrogen and oxygen atoms in total. The summed E-state index contributed by atoms with van der Waals surface area (Å²) in [6.45, 7) is 1.66. The molecule has 0 saturated carbocycles. The Labute approximate surface area is 183 Å². The summed E-state index contributed by atoms with van der Waals surface area (Å²) in [5, 5.41) is 18.0. The summed E-state index contributed by atoms with van der Waals surface area (Å²) in [5.41, 5.74) is 3.64. The summed E-state index contributed by atoms with van der Waals surface area (Å²) in [6.07, 6.45) is 4.60. The molecule has 2 heterocycles. The van der Waals surface area contributed by atoms with Crippen LogP contribution in [0.4, 0.5) is 33.6 Å². The average Bonchev–Trinajstić information content (AvgIpc) is 2.81. The number of anilines is 4. The first kappa shape index (κ1) is 21.1. The number of non-ortho nitro benzene ring substituents is 1. The van der Waals surface area contributed by atoms with Gasteiger partial charge in [-0.05, 0) is 37.5 Å². The maximum absolute atomic E-state index is 13.8. The fraction of sp³-hybridized carbons (Fsp3) is 0.238. The third-order valence-corrected chi connectivity index (χ3v) is 4.87. The number of hydrogen-bond acceptors (Lipinski definition) is 9. The van der Waals surface area contributed by atoms with Crippen LogP contribution in [0.15, 0.2) is 53.6 Å². The number of nitrogens with zero attached hydrogens (tertiary/aromatic N) is 6. The number of benzene rings is 2. The van der Waals surface area contributed by atoms with Crippen LogP contribution in [0, 0.1) is 15.9 Å². The molecule has 3 aromatic rings. The van der Waals surface area contributed by atoms with Crippen LogP contribution < -0.4 is 15.6 Å². The summed E-state index contributed by atoms with van der Waals surface area (Å²) in [7, 11) is 0. The van der Waals surface area contributed by atoms with Crippen LogP contribution in [-0.2, 0) is 0 Å². The second-order valence-corrected chi connectivity index (χ2v) is 7.15. The van der Waals surface area contributed by atoms with Gasteiger partial charge in [0.2, 0.25) is 17.8 Å². The molecule has 0 atom stereocenters. The molecule has 11 heteroatoms. The molecule has 0 aliphatic carbocycles. The van der Waals surface area contributed by atoms with Crippen molar-refractivity contribution in [2.75, 3.05) is 28.7 Å². The number of rotatable bonds is 7. The van der Waals surface area contributed by atoms with Crippen molar-refractivity contribution in [1.82, 2.24) is 15.0 Å². The molecule has 1 aliphatic rings. The monoisotopic (exact) mass is 436 g/mol. The van der Waals surface area contributed by atoms with Crippen molar-refractivity contribution < 1.29 is 9.31 Å². The molecule has 2 aromatic carbocycles. The van der Waals surface area contributed by atoms with E-state index in [9.17, 15) is 14.5 Å². The Bertz CT molecular complexity index is 1120. The SMILES string of the molecule is O=[N+]([O-])c1ccc(Nc2nc(N/N=C/c3ccccc3F)nc(N3CCCCC3)n2)cc1. The Morgan fingerprint density at radius 2 is 1.72 bits per heavy atom. The lowest BCUT2D eigenvalue weighted by molar-refractivity contribution is -0.384. The smallest absolute Gasteiger partial charge is 0.269 e. The van der Waals surface area contributed by atoms with Crippen molar-refractivity contribution in [3.05, 3.63) is 70.0 Å².